The van der Waals surface area contributed by atoms with Gasteiger partial charge in [-0.1, -0.05) is 29.8 Å². The maximum Gasteiger partial charge on any atom is 0.290 e. The van der Waals surface area contributed by atoms with Gasteiger partial charge in [0.05, 0.1) is 22.6 Å². The molecule has 0 aromatic heterocycles. The van der Waals surface area contributed by atoms with Crippen LogP contribution >= 0.6 is 23.4 Å². The summed E-state index contributed by atoms with van der Waals surface area (Å²) >= 11 is 7.19. The number of carbonyl (C=O) groups is 3. The molecule has 1 N–H and O–H groups in total. The average molecular weight is 459 g/mol. The first-order valence-corrected chi connectivity index (χ1v) is 10.7. The lowest BCUT2D eigenvalue weighted by molar-refractivity contribution is -0.145. The molecule has 31 heavy (non-hydrogen) atoms. The number of nitrogens with one attached hydrogen (secondary N) is 1. The van der Waals surface area contributed by atoms with E-state index in [4.69, 9.17) is 21.1 Å². The molecule has 3 amide bonds. The second-order valence-electron chi connectivity index (χ2n) is 7.17. The Morgan fingerprint density at radius 3 is 2.68 bits per heavy atom. The fraction of sp³-hybridized carbons (Fsp3) is 0.227. The van der Waals surface area contributed by atoms with Crippen LogP contribution in [0, 0.1) is 0 Å². The topological polar surface area (TPSA) is 84.9 Å². The van der Waals surface area contributed by atoms with Crippen LogP contribution in [-0.2, 0) is 20.7 Å². The van der Waals surface area contributed by atoms with Gasteiger partial charge in [0.1, 0.15) is 18.1 Å². The molecule has 2 fully saturated rings. The van der Waals surface area contributed by atoms with Gasteiger partial charge >= 0.3 is 0 Å². The summed E-state index contributed by atoms with van der Waals surface area (Å²) in [5.74, 6) is 0.671. The Hall–Kier alpha value is -2.81. The van der Waals surface area contributed by atoms with Crippen molar-refractivity contribution in [3.05, 3.63) is 63.5 Å². The fourth-order valence-corrected chi connectivity index (χ4v) is 4.16. The molecule has 0 aliphatic carbocycles. The highest BCUT2D eigenvalue weighted by Crippen LogP contribution is 2.32. The zero-order valence-electron chi connectivity index (χ0n) is 16.6. The van der Waals surface area contributed by atoms with Gasteiger partial charge in [-0.25, -0.2) is 0 Å². The van der Waals surface area contributed by atoms with Gasteiger partial charge in [0.25, 0.3) is 11.1 Å². The van der Waals surface area contributed by atoms with Crippen molar-refractivity contribution in [2.75, 3.05) is 20.3 Å². The second-order valence-corrected chi connectivity index (χ2v) is 8.59. The van der Waals surface area contributed by atoms with Gasteiger partial charge in [0.2, 0.25) is 5.91 Å². The minimum absolute atomic E-state index is 0.0105. The molecule has 2 aromatic rings. The minimum atomic E-state index is -0.415. The normalized spacial score (nSPS) is 20.3. The lowest BCUT2D eigenvalue weighted by atomic mass is 10.0. The van der Waals surface area contributed by atoms with Gasteiger partial charge in [0.15, 0.2) is 0 Å². The number of hydrogen-bond donors (Lipinski definition) is 1. The summed E-state index contributed by atoms with van der Waals surface area (Å²) < 4.78 is 11.2. The standard InChI is InChI=1S/C22H19ClN2O5S/c1-25-15(11-29-12-20(25)26)8-13-2-5-16(6-3-13)30-18-7-4-14(9-17(18)23)10-19-21(27)24-22(28)31-19/h2-7,9-10,15H,8,11-12H2,1H3,(H,24,27,28)/b19-10+. The predicted octanol–water partition coefficient (Wildman–Crippen LogP) is 3.86. The number of thioether (sulfide) groups is 1. The van der Waals surface area contributed by atoms with Crippen LogP contribution in [0.5, 0.6) is 11.5 Å². The van der Waals surface area contributed by atoms with E-state index in [-0.39, 0.29) is 23.8 Å². The first kappa shape index (κ1) is 21.4. The van der Waals surface area contributed by atoms with Crippen LogP contribution in [0.25, 0.3) is 6.08 Å². The number of benzene rings is 2. The number of halogens is 1. The molecule has 9 heteroatoms. The third-order valence-corrected chi connectivity index (χ3v) is 6.10. The zero-order valence-corrected chi connectivity index (χ0v) is 18.2. The smallest absolute Gasteiger partial charge is 0.290 e. The first-order valence-electron chi connectivity index (χ1n) is 9.53. The van der Waals surface area contributed by atoms with Crippen LogP contribution in [0.2, 0.25) is 5.02 Å². The average Bonchev–Trinajstić information content (AvgIpc) is 3.05. The lowest BCUT2D eigenvalue weighted by Gasteiger charge is -2.32. The van der Waals surface area contributed by atoms with E-state index < -0.39 is 5.91 Å². The molecule has 160 valence electrons. The number of imide groups is 1. The SMILES string of the molecule is CN1C(=O)COCC1Cc1ccc(Oc2ccc(/C=C3/SC(=O)NC3=O)cc2Cl)cc1. The number of hydrogen-bond acceptors (Lipinski definition) is 6. The van der Waals surface area contributed by atoms with Crippen LogP contribution in [0.15, 0.2) is 47.4 Å². The maximum atomic E-state index is 11.8. The fourth-order valence-electron chi connectivity index (χ4n) is 3.25. The third kappa shape index (κ3) is 5.10. The summed E-state index contributed by atoms with van der Waals surface area (Å²) in [4.78, 5) is 36.7. The van der Waals surface area contributed by atoms with E-state index in [2.05, 4.69) is 5.32 Å². The van der Waals surface area contributed by atoms with Crippen molar-refractivity contribution in [1.29, 1.82) is 0 Å². The maximum absolute atomic E-state index is 11.8. The molecule has 2 aliphatic rings. The van der Waals surface area contributed by atoms with Gasteiger partial charge in [-0.2, -0.15) is 0 Å². The van der Waals surface area contributed by atoms with Crippen molar-refractivity contribution in [3.8, 4) is 11.5 Å². The largest absolute Gasteiger partial charge is 0.456 e. The Morgan fingerprint density at radius 2 is 2.00 bits per heavy atom. The van der Waals surface area contributed by atoms with E-state index in [9.17, 15) is 14.4 Å². The van der Waals surface area contributed by atoms with Gasteiger partial charge in [0, 0.05) is 7.05 Å². The van der Waals surface area contributed by atoms with Crippen LogP contribution in [0.3, 0.4) is 0 Å². The summed E-state index contributed by atoms with van der Waals surface area (Å²) in [5, 5.41) is 2.21. The quantitative estimate of drug-likeness (QED) is 0.685. The molecule has 2 aromatic carbocycles. The van der Waals surface area contributed by atoms with Crippen LogP contribution < -0.4 is 10.1 Å². The Balaban J connectivity index is 1.41. The van der Waals surface area contributed by atoms with E-state index in [1.54, 1.807) is 36.2 Å². The molecule has 0 spiro atoms. The summed E-state index contributed by atoms with van der Waals surface area (Å²) in [7, 11) is 1.80. The molecule has 4 rings (SSSR count). The van der Waals surface area contributed by atoms with Crippen molar-refractivity contribution in [3.63, 3.8) is 0 Å². The summed E-state index contributed by atoms with van der Waals surface area (Å²) in [6.07, 6.45) is 2.30. The molecule has 2 saturated heterocycles. The van der Waals surface area contributed by atoms with Crippen LogP contribution in [0.4, 0.5) is 4.79 Å². The van der Waals surface area contributed by atoms with Crippen molar-refractivity contribution in [2.45, 2.75) is 12.5 Å². The molecule has 1 unspecified atom stereocenters. The van der Waals surface area contributed by atoms with E-state index in [0.29, 0.717) is 40.0 Å². The molecule has 2 aliphatic heterocycles. The molecule has 7 nitrogen and oxygen atoms in total. The van der Waals surface area contributed by atoms with E-state index in [1.165, 1.54) is 0 Å². The number of ether oxygens (including phenoxy) is 2. The Kier molecular flexibility index (Phi) is 6.31. The van der Waals surface area contributed by atoms with E-state index in [0.717, 1.165) is 17.3 Å². The minimum Gasteiger partial charge on any atom is -0.456 e. The highest BCUT2D eigenvalue weighted by atomic mass is 35.5. The monoisotopic (exact) mass is 458 g/mol. The number of likely N-dealkylation sites (N-methyl/N-ethyl adjacent to an activating group) is 1. The molecular formula is C22H19ClN2O5S. The van der Waals surface area contributed by atoms with Gasteiger partial charge in [-0.3, -0.25) is 19.7 Å². The Labute approximate surface area is 188 Å². The summed E-state index contributed by atoms with van der Waals surface area (Å²) in [6, 6.07) is 12.7. The number of amides is 3. The highest BCUT2D eigenvalue weighted by molar-refractivity contribution is 8.18. The number of morpholine rings is 1. The van der Waals surface area contributed by atoms with Gasteiger partial charge < -0.3 is 14.4 Å². The Morgan fingerprint density at radius 1 is 1.23 bits per heavy atom. The number of rotatable bonds is 5. The highest BCUT2D eigenvalue weighted by Gasteiger charge is 2.26. The predicted molar refractivity (Wildman–Crippen MR) is 118 cm³/mol. The molecule has 0 saturated carbocycles. The molecule has 0 radical (unpaired) electrons. The van der Waals surface area contributed by atoms with Crippen molar-refractivity contribution < 1.29 is 23.9 Å². The summed E-state index contributed by atoms with van der Waals surface area (Å²) in [5.41, 5.74) is 1.76. The summed E-state index contributed by atoms with van der Waals surface area (Å²) in [6.45, 7) is 0.660. The van der Waals surface area contributed by atoms with E-state index in [1.807, 2.05) is 24.3 Å². The van der Waals surface area contributed by atoms with Crippen LogP contribution in [0.1, 0.15) is 11.1 Å². The lowest BCUT2D eigenvalue weighted by Crippen LogP contribution is -2.47. The molecule has 1 atom stereocenters. The number of nitrogens with zero attached hydrogens (tertiary/aromatic N) is 1. The van der Waals surface area contributed by atoms with E-state index >= 15 is 0 Å². The molecule has 0 bridgehead atoms. The van der Waals surface area contributed by atoms with Gasteiger partial charge in [-0.05, 0) is 59.7 Å². The third-order valence-electron chi connectivity index (χ3n) is 5.00. The zero-order chi connectivity index (χ0) is 22.0. The van der Waals surface area contributed by atoms with Crippen molar-refractivity contribution in [1.82, 2.24) is 10.2 Å². The Bertz CT molecular complexity index is 1070. The second kappa shape index (κ2) is 9.13. The molecule has 2 heterocycles. The van der Waals surface area contributed by atoms with Crippen molar-refractivity contribution >= 4 is 46.5 Å². The van der Waals surface area contributed by atoms with Crippen LogP contribution in [-0.4, -0.2) is 48.3 Å². The number of carbonyl (C=O) groups excluding carboxylic acids is 3. The van der Waals surface area contributed by atoms with Crippen molar-refractivity contribution in [2.24, 2.45) is 0 Å². The molecular weight excluding hydrogens is 440 g/mol. The first-order chi connectivity index (χ1) is 14.9. The van der Waals surface area contributed by atoms with Gasteiger partial charge in [-0.15, -0.1) is 0 Å².